The van der Waals surface area contributed by atoms with Crippen molar-refractivity contribution in [1.29, 1.82) is 5.26 Å². The second-order valence-corrected chi connectivity index (χ2v) is 6.45. The van der Waals surface area contributed by atoms with Gasteiger partial charge in [-0.05, 0) is 30.3 Å². The molecule has 0 bridgehead atoms. The fourth-order valence-corrected chi connectivity index (χ4v) is 3.08. The molecule has 0 radical (unpaired) electrons. The number of aromatic nitrogens is 1. The van der Waals surface area contributed by atoms with Crippen LogP contribution in [0.2, 0.25) is 0 Å². The van der Waals surface area contributed by atoms with Crippen molar-refractivity contribution >= 4 is 44.5 Å². The lowest BCUT2D eigenvalue weighted by Gasteiger charge is -2.01. The van der Waals surface area contributed by atoms with E-state index in [0.717, 1.165) is 26.6 Å². The number of nitriles is 1. The maximum absolute atomic E-state index is 12.1. The first-order chi connectivity index (χ1) is 12.2. The van der Waals surface area contributed by atoms with Crippen molar-refractivity contribution in [3.8, 4) is 6.07 Å². The molecule has 2 aromatic carbocycles. The lowest BCUT2D eigenvalue weighted by molar-refractivity contribution is -0.111. The predicted molar refractivity (Wildman–Crippen MR) is 104 cm³/mol. The Hall–Kier alpha value is -2.84. The highest BCUT2D eigenvalue weighted by atomic mass is 79.9. The van der Waals surface area contributed by atoms with Gasteiger partial charge in [-0.3, -0.25) is 4.79 Å². The zero-order valence-electron chi connectivity index (χ0n) is 13.4. The molecule has 4 nitrogen and oxygen atoms in total. The van der Waals surface area contributed by atoms with Crippen molar-refractivity contribution in [2.75, 3.05) is 5.32 Å². The van der Waals surface area contributed by atoms with Crippen molar-refractivity contribution < 1.29 is 4.79 Å². The molecule has 25 heavy (non-hydrogen) atoms. The Labute approximate surface area is 154 Å². The van der Waals surface area contributed by atoms with Gasteiger partial charge in [0.15, 0.2) is 0 Å². The van der Waals surface area contributed by atoms with E-state index >= 15 is 0 Å². The van der Waals surface area contributed by atoms with Gasteiger partial charge in [-0.15, -0.1) is 0 Å². The Morgan fingerprint density at radius 2 is 2.08 bits per heavy atom. The molecule has 1 aromatic heterocycles. The van der Waals surface area contributed by atoms with E-state index in [4.69, 9.17) is 5.26 Å². The Bertz CT molecular complexity index is 982. The lowest BCUT2D eigenvalue weighted by Crippen LogP contribution is -2.07. The van der Waals surface area contributed by atoms with E-state index in [1.165, 1.54) is 6.08 Å². The maximum Gasteiger partial charge on any atom is 0.248 e. The van der Waals surface area contributed by atoms with Gasteiger partial charge in [0.1, 0.15) is 0 Å². The molecule has 0 unspecified atom stereocenters. The largest absolute Gasteiger partial charge is 0.346 e. The number of aryl methyl sites for hydroxylation is 1. The second kappa shape index (κ2) is 7.82. The van der Waals surface area contributed by atoms with E-state index < -0.39 is 0 Å². The number of carbonyl (C=O) groups is 1. The number of amides is 1. The van der Waals surface area contributed by atoms with Crippen LogP contribution >= 0.6 is 15.9 Å². The molecular weight excluding hydrogens is 378 g/mol. The Kier molecular flexibility index (Phi) is 5.32. The van der Waals surface area contributed by atoms with E-state index in [1.54, 1.807) is 6.08 Å². The van der Waals surface area contributed by atoms with Crippen LogP contribution in [0.4, 0.5) is 5.69 Å². The van der Waals surface area contributed by atoms with E-state index in [9.17, 15) is 4.79 Å². The van der Waals surface area contributed by atoms with Crippen molar-refractivity contribution in [3.05, 3.63) is 70.8 Å². The van der Waals surface area contributed by atoms with Gasteiger partial charge < -0.3 is 9.88 Å². The summed E-state index contributed by atoms with van der Waals surface area (Å²) in [6, 6.07) is 17.6. The fraction of sp³-hybridized carbons (Fsp3) is 0.100. The molecule has 1 amide bonds. The molecule has 0 atom stereocenters. The number of hydrogen-bond acceptors (Lipinski definition) is 2. The Morgan fingerprint density at radius 3 is 2.88 bits per heavy atom. The smallest absolute Gasteiger partial charge is 0.248 e. The average molecular weight is 394 g/mol. The molecule has 5 heteroatoms. The first-order valence-electron chi connectivity index (χ1n) is 7.87. The third-order valence-electron chi connectivity index (χ3n) is 3.79. The molecule has 0 saturated heterocycles. The highest BCUT2D eigenvalue weighted by Gasteiger charge is 2.06. The van der Waals surface area contributed by atoms with Crippen LogP contribution in [-0.4, -0.2) is 10.5 Å². The van der Waals surface area contributed by atoms with Crippen molar-refractivity contribution in [3.63, 3.8) is 0 Å². The van der Waals surface area contributed by atoms with Crippen LogP contribution in [0.15, 0.2) is 65.3 Å². The van der Waals surface area contributed by atoms with Gasteiger partial charge in [0, 0.05) is 45.4 Å². The number of halogens is 1. The van der Waals surface area contributed by atoms with Gasteiger partial charge in [0.25, 0.3) is 0 Å². The number of rotatable bonds is 5. The Morgan fingerprint density at radius 1 is 1.24 bits per heavy atom. The SMILES string of the molecule is N#CCCn1cc(/C=C/C(=O)Nc2cccc(Br)c2)c2ccccc21. The predicted octanol–water partition coefficient (Wildman–Crippen LogP) is 4.97. The van der Waals surface area contributed by atoms with Crippen LogP contribution in [0.25, 0.3) is 17.0 Å². The van der Waals surface area contributed by atoms with Crippen LogP contribution in [0, 0.1) is 11.3 Å². The molecule has 0 fully saturated rings. The van der Waals surface area contributed by atoms with Gasteiger partial charge in [-0.25, -0.2) is 0 Å². The molecular formula is C20H16BrN3O. The van der Waals surface area contributed by atoms with E-state index in [1.807, 2.05) is 59.3 Å². The van der Waals surface area contributed by atoms with Crippen molar-refractivity contribution in [2.24, 2.45) is 0 Å². The van der Waals surface area contributed by atoms with Crippen LogP contribution in [0.1, 0.15) is 12.0 Å². The summed E-state index contributed by atoms with van der Waals surface area (Å²) >= 11 is 3.38. The second-order valence-electron chi connectivity index (χ2n) is 5.54. The van der Waals surface area contributed by atoms with E-state index in [-0.39, 0.29) is 5.91 Å². The summed E-state index contributed by atoms with van der Waals surface area (Å²) in [5.74, 6) is -0.188. The summed E-state index contributed by atoms with van der Waals surface area (Å²) in [5, 5.41) is 12.7. The molecule has 0 saturated carbocycles. The molecule has 0 aliphatic heterocycles. The molecule has 0 aliphatic rings. The van der Waals surface area contributed by atoms with Gasteiger partial charge in [0.2, 0.25) is 5.91 Å². The average Bonchev–Trinajstić information content (AvgIpc) is 2.96. The topological polar surface area (TPSA) is 57.8 Å². The summed E-state index contributed by atoms with van der Waals surface area (Å²) in [7, 11) is 0. The number of nitrogens with zero attached hydrogens (tertiary/aromatic N) is 2. The minimum atomic E-state index is -0.188. The van der Waals surface area contributed by atoms with Crippen molar-refractivity contribution in [1.82, 2.24) is 4.57 Å². The van der Waals surface area contributed by atoms with Crippen LogP contribution < -0.4 is 5.32 Å². The number of fused-ring (bicyclic) bond motifs is 1. The van der Waals surface area contributed by atoms with Gasteiger partial charge in [0.05, 0.1) is 12.5 Å². The third-order valence-corrected chi connectivity index (χ3v) is 4.28. The number of carbonyl (C=O) groups excluding carboxylic acids is 1. The van der Waals surface area contributed by atoms with Gasteiger partial charge in [-0.2, -0.15) is 5.26 Å². The number of anilines is 1. The van der Waals surface area contributed by atoms with Crippen LogP contribution in [0.3, 0.4) is 0 Å². The third kappa shape index (κ3) is 4.17. The summed E-state index contributed by atoms with van der Waals surface area (Å²) in [5.41, 5.74) is 2.75. The standard InChI is InChI=1S/C20H16BrN3O/c21-16-5-3-6-17(13-16)23-20(25)10-9-15-14-24(12-4-11-22)19-8-2-1-7-18(15)19/h1-3,5-10,13-14H,4,12H2,(H,23,25)/b10-9+. The van der Waals surface area contributed by atoms with Gasteiger partial charge >= 0.3 is 0 Å². The highest BCUT2D eigenvalue weighted by Crippen LogP contribution is 2.23. The Balaban J connectivity index is 1.81. The molecule has 0 spiro atoms. The number of benzene rings is 2. The minimum Gasteiger partial charge on any atom is -0.346 e. The number of nitrogens with one attached hydrogen (secondary N) is 1. The van der Waals surface area contributed by atoms with E-state index in [0.29, 0.717) is 13.0 Å². The summed E-state index contributed by atoms with van der Waals surface area (Å²) < 4.78 is 2.96. The quantitative estimate of drug-likeness (QED) is 0.622. The van der Waals surface area contributed by atoms with Crippen molar-refractivity contribution in [2.45, 2.75) is 13.0 Å². The zero-order valence-corrected chi connectivity index (χ0v) is 15.0. The van der Waals surface area contributed by atoms with E-state index in [2.05, 4.69) is 27.3 Å². The first kappa shape index (κ1) is 17.0. The van der Waals surface area contributed by atoms with Gasteiger partial charge in [-0.1, -0.05) is 40.2 Å². The van der Waals surface area contributed by atoms with Crippen LogP contribution in [0.5, 0.6) is 0 Å². The normalized spacial score (nSPS) is 10.9. The number of hydrogen-bond donors (Lipinski definition) is 1. The first-order valence-corrected chi connectivity index (χ1v) is 8.66. The fourth-order valence-electron chi connectivity index (χ4n) is 2.68. The molecule has 1 heterocycles. The van der Waals surface area contributed by atoms with Crippen LogP contribution in [-0.2, 0) is 11.3 Å². The summed E-state index contributed by atoms with van der Waals surface area (Å²) in [6.45, 7) is 0.634. The molecule has 3 rings (SSSR count). The summed E-state index contributed by atoms with van der Waals surface area (Å²) in [4.78, 5) is 12.1. The summed E-state index contributed by atoms with van der Waals surface area (Å²) in [6.07, 6.45) is 5.76. The monoisotopic (exact) mass is 393 g/mol. The number of para-hydroxylation sites is 1. The minimum absolute atomic E-state index is 0.188. The zero-order chi connectivity index (χ0) is 17.6. The molecule has 0 aliphatic carbocycles. The highest BCUT2D eigenvalue weighted by molar-refractivity contribution is 9.10. The lowest BCUT2D eigenvalue weighted by atomic mass is 10.1. The molecule has 124 valence electrons. The molecule has 1 N–H and O–H groups in total. The molecule has 3 aromatic rings. The maximum atomic E-state index is 12.1.